The molecule has 5 nitrogen and oxygen atoms in total. The van der Waals surface area contributed by atoms with Crippen LogP contribution in [0.1, 0.15) is 22.3 Å². The van der Waals surface area contributed by atoms with Crippen molar-refractivity contribution in [3.8, 4) is 5.75 Å². The van der Waals surface area contributed by atoms with E-state index in [0.29, 0.717) is 5.75 Å². The van der Waals surface area contributed by atoms with Gasteiger partial charge in [0.2, 0.25) is 0 Å². The maximum atomic E-state index is 10.3. The van der Waals surface area contributed by atoms with Crippen molar-refractivity contribution < 1.29 is 22.6 Å². The van der Waals surface area contributed by atoms with Gasteiger partial charge in [0.05, 0.1) is 0 Å². The SMILES string of the molecule is O=S(=O)(O)O.Oc1cccc(CCc2ccccc2)c1CCc1ccccc1. The van der Waals surface area contributed by atoms with Crippen LogP contribution in [0.2, 0.25) is 0 Å². The lowest BCUT2D eigenvalue weighted by molar-refractivity contribution is 0.381. The molecule has 0 atom stereocenters. The predicted octanol–water partition coefficient (Wildman–Crippen LogP) is 4.31. The molecule has 0 aliphatic heterocycles. The summed E-state index contributed by atoms with van der Waals surface area (Å²) in [6.07, 6.45) is 3.79. The minimum Gasteiger partial charge on any atom is -0.508 e. The Kier molecular flexibility index (Phi) is 8.19. The van der Waals surface area contributed by atoms with Crippen molar-refractivity contribution in [2.75, 3.05) is 0 Å². The van der Waals surface area contributed by atoms with Gasteiger partial charge in [-0.15, -0.1) is 0 Å². The fourth-order valence-electron chi connectivity index (χ4n) is 2.98. The van der Waals surface area contributed by atoms with E-state index in [1.165, 1.54) is 16.7 Å². The summed E-state index contributed by atoms with van der Waals surface area (Å²) in [5.74, 6) is 0.423. The van der Waals surface area contributed by atoms with Crippen molar-refractivity contribution in [3.05, 3.63) is 101 Å². The zero-order chi connectivity index (χ0) is 20.4. The first-order chi connectivity index (χ1) is 13.3. The number of hydrogen-bond acceptors (Lipinski definition) is 3. The molecule has 0 saturated heterocycles. The van der Waals surface area contributed by atoms with Crippen LogP contribution in [0.15, 0.2) is 78.9 Å². The maximum Gasteiger partial charge on any atom is 0.394 e. The van der Waals surface area contributed by atoms with Crippen LogP contribution < -0.4 is 0 Å². The van der Waals surface area contributed by atoms with Crippen LogP contribution in [0.25, 0.3) is 0 Å². The van der Waals surface area contributed by atoms with Gasteiger partial charge in [0.1, 0.15) is 5.75 Å². The van der Waals surface area contributed by atoms with E-state index >= 15 is 0 Å². The van der Waals surface area contributed by atoms with Gasteiger partial charge in [0.15, 0.2) is 0 Å². The van der Waals surface area contributed by atoms with Gasteiger partial charge in [-0.2, -0.15) is 8.42 Å². The van der Waals surface area contributed by atoms with Gasteiger partial charge in [0.25, 0.3) is 0 Å². The number of phenolic OH excluding ortho intramolecular Hbond substituents is 1. The van der Waals surface area contributed by atoms with Gasteiger partial charge in [-0.05, 0) is 54.0 Å². The van der Waals surface area contributed by atoms with Crippen LogP contribution in [0, 0.1) is 0 Å². The smallest absolute Gasteiger partial charge is 0.394 e. The lowest BCUT2D eigenvalue weighted by atomic mass is 9.95. The molecule has 3 rings (SSSR count). The van der Waals surface area contributed by atoms with E-state index < -0.39 is 10.4 Å². The molecular formula is C22H24O5S. The first-order valence-corrected chi connectivity index (χ1v) is 10.3. The summed E-state index contributed by atoms with van der Waals surface area (Å²) >= 11 is 0. The Morgan fingerprint density at radius 3 is 1.57 bits per heavy atom. The largest absolute Gasteiger partial charge is 0.508 e. The van der Waals surface area contributed by atoms with Crippen molar-refractivity contribution >= 4 is 10.4 Å². The molecule has 0 radical (unpaired) electrons. The molecule has 0 aliphatic carbocycles. The zero-order valence-electron chi connectivity index (χ0n) is 15.4. The highest BCUT2D eigenvalue weighted by Gasteiger charge is 2.08. The third kappa shape index (κ3) is 8.35. The molecule has 0 amide bonds. The molecule has 0 spiro atoms. The van der Waals surface area contributed by atoms with Crippen molar-refractivity contribution in [2.24, 2.45) is 0 Å². The summed E-state index contributed by atoms with van der Waals surface area (Å²) in [5.41, 5.74) is 4.99. The fraction of sp³-hybridized carbons (Fsp3) is 0.182. The number of benzene rings is 3. The van der Waals surface area contributed by atoms with E-state index in [9.17, 15) is 5.11 Å². The van der Waals surface area contributed by atoms with Crippen LogP contribution in [0.4, 0.5) is 0 Å². The van der Waals surface area contributed by atoms with Crippen LogP contribution in [-0.4, -0.2) is 22.6 Å². The Labute approximate surface area is 165 Å². The van der Waals surface area contributed by atoms with Crippen molar-refractivity contribution in [1.29, 1.82) is 0 Å². The summed E-state index contributed by atoms with van der Waals surface area (Å²) in [7, 11) is -4.67. The quantitative estimate of drug-likeness (QED) is 0.536. The molecule has 0 fully saturated rings. The van der Waals surface area contributed by atoms with E-state index in [1.807, 2.05) is 18.2 Å². The summed E-state index contributed by atoms with van der Waals surface area (Å²) in [6, 6.07) is 26.9. The number of aromatic hydroxyl groups is 1. The second-order valence-electron chi connectivity index (χ2n) is 6.33. The van der Waals surface area contributed by atoms with E-state index in [1.54, 1.807) is 6.07 Å². The van der Waals surface area contributed by atoms with Gasteiger partial charge in [0, 0.05) is 0 Å². The highest BCUT2D eigenvalue weighted by atomic mass is 32.3. The molecule has 0 unspecified atom stereocenters. The second-order valence-corrected chi connectivity index (χ2v) is 7.23. The van der Waals surface area contributed by atoms with Gasteiger partial charge >= 0.3 is 10.4 Å². The molecule has 3 aromatic rings. The number of rotatable bonds is 6. The highest BCUT2D eigenvalue weighted by Crippen LogP contribution is 2.24. The lowest BCUT2D eigenvalue weighted by Crippen LogP contribution is -2.00. The Morgan fingerprint density at radius 2 is 1.07 bits per heavy atom. The molecule has 0 saturated carbocycles. The van der Waals surface area contributed by atoms with Crippen LogP contribution in [-0.2, 0) is 36.1 Å². The van der Waals surface area contributed by atoms with Crippen LogP contribution in [0.5, 0.6) is 5.75 Å². The number of aryl methyl sites for hydroxylation is 3. The fourth-order valence-corrected chi connectivity index (χ4v) is 2.98. The summed E-state index contributed by atoms with van der Waals surface area (Å²) in [6.45, 7) is 0. The number of hydrogen-bond donors (Lipinski definition) is 3. The summed E-state index contributed by atoms with van der Waals surface area (Å²) in [5, 5.41) is 10.3. The van der Waals surface area contributed by atoms with E-state index in [2.05, 4.69) is 54.6 Å². The highest BCUT2D eigenvalue weighted by molar-refractivity contribution is 7.79. The molecule has 3 aromatic carbocycles. The molecule has 0 aliphatic rings. The van der Waals surface area contributed by atoms with Crippen LogP contribution >= 0.6 is 0 Å². The van der Waals surface area contributed by atoms with E-state index in [-0.39, 0.29) is 0 Å². The molecule has 3 N–H and O–H groups in total. The van der Waals surface area contributed by atoms with Crippen molar-refractivity contribution in [3.63, 3.8) is 0 Å². The third-order valence-electron chi connectivity index (χ3n) is 4.28. The Balaban J connectivity index is 0.000000500. The normalized spacial score (nSPS) is 10.8. The molecule has 6 heteroatoms. The van der Waals surface area contributed by atoms with Gasteiger partial charge < -0.3 is 5.11 Å². The zero-order valence-corrected chi connectivity index (χ0v) is 16.2. The topological polar surface area (TPSA) is 94.8 Å². The summed E-state index contributed by atoms with van der Waals surface area (Å²) in [4.78, 5) is 0. The van der Waals surface area contributed by atoms with Crippen LogP contribution in [0.3, 0.4) is 0 Å². The second kappa shape index (κ2) is 10.6. The first-order valence-electron chi connectivity index (χ1n) is 8.90. The molecule has 28 heavy (non-hydrogen) atoms. The molecule has 0 bridgehead atoms. The average molecular weight is 400 g/mol. The third-order valence-corrected chi connectivity index (χ3v) is 4.28. The van der Waals surface area contributed by atoms with Gasteiger partial charge in [-0.3, -0.25) is 9.11 Å². The lowest BCUT2D eigenvalue weighted by Gasteiger charge is -2.12. The predicted molar refractivity (Wildman–Crippen MR) is 110 cm³/mol. The standard InChI is InChI=1S/C22H22O.H2O4S/c23-22-13-7-12-20(16-14-18-8-3-1-4-9-18)21(22)17-15-19-10-5-2-6-11-19;1-5(2,3)4/h1-13,23H,14-17H2;(H2,1,2,3,4). The summed E-state index contributed by atoms with van der Waals surface area (Å²) < 4.78 is 31.6. The Hall–Kier alpha value is -2.67. The van der Waals surface area contributed by atoms with Crippen molar-refractivity contribution in [1.82, 2.24) is 0 Å². The minimum absolute atomic E-state index is 0.423. The molecule has 0 heterocycles. The number of phenols is 1. The average Bonchev–Trinajstić information content (AvgIpc) is 2.66. The Bertz CT molecular complexity index is 947. The minimum atomic E-state index is -4.67. The maximum absolute atomic E-state index is 10.3. The van der Waals surface area contributed by atoms with E-state index in [4.69, 9.17) is 17.5 Å². The monoisotopic (exact) mass is 400 g/mol. The van der Waals surface area contributed by atoms with Gasteiger partial charge in [-0.25, -0.2) is 0 Å². The van der Waals surface area contributed by atoms with Gasteiger partial charge in [-0.1, -0.05) is 72.8 Å². The first kappa shape index (κ1) is 21.6. The molecule has 148 valence electrons. The Morgan fingerprint density at radius 1 is 0.607 bits per heavy atom. The molecule has 0 aromatic heterocycles. The van der Waals surface area contributed by atoms with E-state index in [0.717, 1.165) is 31.2 Å². The van der Waals surface area contributed by atoms with Crippen molar-refractivity contribution in [2.45, 2.75) is 25.7 Å². The molecular weight excluding hydrogens is 376 g/mol.